The van der Waals surface area contributed by atoms with E-state index in [1.165, 1.54) is 6.07 Å². The summed E-state index contributed by atoms with van der Waals surface area (Å²) in [5, 5.41) is 2.30. The van der Waals surface area contributed by atoms with Crippen molar-refractivity contribution in [3.63, 3.8) is 0 Å². The molecule has 0 bridgehead atoms. The van der Waals surface area contributed by atoms with Gasteiger partial charge in [0.25, 0.3) is 0 Å². The standard InChI is InChI=1S/C15H22F2N2O/c1-3-9-19(10-4-2)11-8-14(20)18-15-12(16)6-5-7-13(15)17/h5-7H,3-4,8-11H2,1-2H3,(H,18,20). The number of benzene rings is 1. The number of halogens is 2. The summed E-state index contributed by atoms with van der Waals surface area (Å²) in [6.07, 6.45) is 2.26. The normalized spacial score (nSPS) is 10.8. The SMILES string of the molecule is CCCN(CCC)CCC(=O)Nc1c(F)cccc1F. The minimum absolute atomic E-state index is 0.230. The van der Waals surface area contributed by atoms with Crippen LogP contribution >= 0.6 is 0 Å². The third kappa shape index (κ3) is 5.25. The predicted molar refractivity (Wildman–Crippen MR) is 76.6 cm³/mol. The Morgan fingerprint density at radius 2 is 1.65 bits per heavy atom. The van der Waals surface area contributed by atoms with E-state index in [0.717, 1.165) is 38.1 Å². The quantitative estimate of drug-likeness (QED) is 0.793. The van der Waals surface area contributed by atoms with E-state index in [1.807, 2.05) is 0 Å². The van der Waals surface area contributed by atoms with Crippen molar-refractivity contribution in [1.82, 2.24) is 4.90 Å². The molecule has 0 aliphatic rings. The van der Waals surface area contributed by atoms with Crippen LogP contribution in [0.15, 0.2) is 18.2 Å². The molecule has 112 valence electrons. The smallest absolute Gasteiger partial charge is 0.225 e. The molecule has 5 heteroatoms. The highest BCUT2D eigenvalue weighted by Crippen LogP contribution is 2.18. The van der Waals surface area contributed by atoms with Crippen LogP contribution in [0.4, 0.5) is 14.5 Å². The average molecular weight is 284 g/mol. The van der Waals surface area contributed by atoms with E-state index in [-0.39, 0.29) is 18.0 Å². The van der Waals surface area contributed by atoms with E-state index >= 15 is 0 Å². The van der Waals surface area contributed by atoms with Crippen LogP contribution in [0.5, 0.6) is 0 Å². The van der Waals surface area contributed by atoms with Gasteiger partial charge in [-0.25, -0.2) is 8.78 Å². The van der Waals surface area contributed by atoms with Crippen LogP contribution in [0, 0.1) is 11.6 Å². The summed E-state index contributed by atoms with van der Waals surface area (Å²) in [7, 11) is 0. The van der Waals surface area contributed by atoms with Crippen LogP contribution in [0.3, 0.4) is 0 Å². The van der Waals surface area contributed by atoms with Crippen LogP contribution in [0.25, 0.3) is 0 Å². The van der Waals surface area contributed by atoms with Gasteiger partial charge in [0, 0.05) is 13.0 Å². The van der Waals surface area contributed by atoms with E-state index in [2.05, 4.69) is 24.1 Å². The lowest BCUT2D eigenvalue weighted by Crippen LogP contribution is -2.29. The number of para-hydroxylation sites is 1. The summed E-state index contributed by atoms with van der Waals surface area (Å²) in [5.41, 5.74) is -0.366. The van der Waals surface area contributed by atoms with Gasteiger partial charge in [-0.05, 0) is 38.1 Å². The van der Waals surface area contributed by atoms with Crippen LogP contribution in [0.1, 0.15) is 33.1 Å². The van der Waals surface area contributed by atoms with Gasteiger partial charge in [0.2, 0.25) is 5.91 Å². The Balaban J connectivity index is 2.51. The van der Waals surface area contributed by atoms with Crippen LogP contribution in [0.2, 0.25) is 0 Å². The molecule has 1 rings (SSSR count). The zero-order valence-electron chi connectivity index (χ0n) is 12.1. The van der Waals surface area contributed by atoms with Gasteiger partial charge in [0.1, 0.15) is 17.3 Å². The van der Waals surface area contributed by atoms with Crippen LogP contribution in [-0.2, 0) is 4.79 Å². The average Bonchev–Trinajstić information content (AvgIpc) is 2.41. The maximum atomic E-state index is 13.4. The number of rotatable bonds is 8. The number of nitrogens with zero attached hydrogens (tertiary/aromatic N) is 1. The summed E-state index contributed by atoms with van der Waals surface area (Å²) < 4.78 is 26.8. The Labute approximate surface area is 119 Å². The molecule has 0 aliphatic carbocycles. The van der Waals surface area contributed by atoms with E-state index in [1.54, 1.807) is 0 Å². The second kappa shape index (κ2) is 8.64. The summed E-state index contributed by atoms with van der Waals surface area (Å²) in [6, 6.07) is 3.52. The number of anilines is 1. The van der Waals surface area contributed by atoms with Gasteiger partial charge in [0.05, 0.1) is 0 Å². The fraction of sp³-hybridized carbons (Fsp3) is 0.533. The number of hydrogen-bond acceptors (Lipinski definition) is 2. The van der Waals surface area contributed by atoms with Crippen molar-refractivity contribution in [3.8, 4) is 0 Å². The first-order chi connectivity index (χ1) is 9.58. The first-order valence-corrected chi connectivity index (χ1v) is 7.04. The molecule has 0 aliphatic heterocycles. The monoisotopic (exact) mass is 284 g/mol. The van der Waals surface area contributed by atoms with Gasteiger partial charge >= 0.3 is 0 Å². The van der Waals surface area contributed by atoms with Gasteiger partial charge < -0.3 is 10.2 Å². The predicted octanol–water partition coefficient (Wildman–Crippen LogP) is 3.42. The first kappa shape index (κ1) is 16.6. The van der Waals surface area contributed by atoms with Gasteiger partial charge in [-0.2, -0.15) is 0 Å². The Kier molecular flexibility index (Phi) is 7.15. The Morgan fingerprint density at radius 3 is 2.15 bits per heavy atom. The molecule has 0 heterocycles. The second-order valence-electron chi connectivity index (χ2n) is 4.74. The molecule has 0 atom stereocenters. The molecule has 1 aromatic rings. The Hall–Kier alpha value is -1.49. The lowest BCUT2D eigenvalue weighted by molar-refractivity contribution is -0.116. The fourth-order valence-corrected chi connectivity index (χ4v) is 2.05. The molecule has 0 saturated carbocycles. The van der Waals surface area contributed by atoms with Gasteiger partial charge in [-0.15, -0.1) is 0 Å². The van der Waals surface area contributed by atoms with Crippen LogP contribution in [-0.4, -0.2) is 30.4 Å². The van der Waals surface area contributed by atoms with Crippen molar-refractivity contribution >= 4 is 11.6 Å². The van der Waals surface area contributed by atoms with Crippen molar-refractivity contribution in [3.05, 3.63) is 29.8 Å². The molecule has 1 N–H and O–H groups in total. The van der Waals surface area contributed by atoms with Gasteiger partial charge in [-0.1, -0.05) is 19.9 Å². The third-order valence-corrected chi connectivity index (χ3v) is 2.96. The molecule has 0 unspecified atom stereocenters. The highest BCUT2D eigenvalue weighted by atomic mass is 19.1. The fourth-order valence-electron chi connectivity index (χ4n) is 2.05. The van der Waals surface area contributed by atoms with E-state index in [9.17, 15) is 13.6 Å². The number of hydrogen-bond donors (Lipinski definition) is 1. The maximum absolute atomic E-state index is 13.4. The summed E-state index contributed by atoms with van der Waals surface area (Å²) in [6.45, 7) is 6.61. The highest BCUT2D eigenvalue weighted by molar-refractivity contribution is 5.91. The topological polar surface area (TPSA) is 32.3 Å². The minimum Gasteiger partial charge on any atom is -0.321 e. The second-order valence-corrected chi connectivity index (χ2v) is 4.74. The molecule has 20 heavy (non-hydrogen) atoms. The van der Waals surface area contributed by atoms with Crippen molar-refractivity contribution in [2.24, 2.45) is 0 Å². The lowest BCUT2D eigenvalue weighted by atomic mass is 10.2. The third-order valence-electron chi connectivity index (χ3n) is 2.96. The molecule has 1 amide bonds. The molecule has 0 radical (unpaired) electrons. The molecule has 0 saturated heterocycles. The molecule has 3 nitrogen and oxygen atoms in total. The number of carbonyl (C=O) groups excluding carboxylic acids is 1. The highest BCUT2D eigenvalue weighted by Gasteiger charge is 2.12. The summed E-state index contributed by atoms with van der Waals surface area (Å²) >= 11 is 0. The largest absolute Gasteiger partial charge is 0.321 e. The zero-order valence-corrected chi connectivity index (χ0v) is 12.1. The minimum atomic E-state index is -0.752. The number of amides is 1. The summed E-state index contributed by atoms with van der Waals surface area (Å²) in [5.74, 6) is -1.87. The van der Waals surface area contributed by atoms with Gasteiger partial charge in [-0.3, -0.25) is 4.79 Å². The van der Waals surface area contributed by atoms with Gasteiger partial charge in [0.15, 0.2) is 0 Å². The molecule has 0 fully saturated rings. The first-order valence-electron chi connectivity index (χ1n) is 7.04. The van der Waals surface area contributed by atoms with Crippen LogP contribution < -0.4 is 5.32 Å². The molecule has 0 aromatic heterocycles. The maximum Gasteiger partial charge on any atom is 0.225 e. The van der Waals surface area contributed by atoms with E-state index in [0.29, 0.717) is 6.54 Å². The van der Waals surface area contributed by atoms with Crippen molar-refractivity contribution in [2.45, 2.75) is 33.1 Å². The zero-order chi connectivity index (χ0) is 15.0. The molecule has 0 spiro atoms. The molecule has 1 aromatic carbocycles. The van der Waals surface area contributed by atoms with Crippen molar-refractivity contribution in [1.29, 1.82) is 0 Å². The Bertz CT molecular complexity index is 412. The molecular weight excluding hydrogens is 262 g/mol. The molecular formula is C15H22F2N2O. The Morgan fingerprint density at radius 1 is 1.10 bits per heavy atom. The van der Waals surface area contributed by atoms with Crippen molar-refractivity contribution < 1.29 is 13.6 Å². The van der Waals surface area contributed by atoms with E-state index < -0.39 is 11.6 Å². The number of nitrogens with one attached hydrogen (secondary N) is 1. The van der Waals surface area contributed by atoms with Crippen molar-refractivity contribution in [2.75, 3.05) is 25.0 Å². The van der Waals surface area contributed by atoms with E-state index in [4.69, 9.17) is 0 Å². The lowest BCUT2D eigenvalue weighted by Gasteiger charge is -2.20. The number of carbonyl (C=O) groups is 1. The summed E-state index contributed by atoms with van der Waals surface area (Å²) in [4.78, 5) is 13.9.